The second kappa shape index (κ2) is 10.2. The average molecular weight is 458 g/mol. The van der Waals surface area contributed by atoms with Crippen LogP contribution >= 0.6 is 11.6 Å². The van der Waals surface area contributed by atoms with Crippen LogP contribution in [-0.2, 0) is 4.79 Å². The van der Waals surface area contributed by atoms with Crippen LogP contribution in [0, 0.1) is 13.8 Å². The summed E-state index contributed by atoms with van der Waals surface area (Å²) < 4.78 is 7.67. The van der Waals surface area contributed by atoms with Crippen LogP contribution in [0.5, 0.6) is 5.75 Å². The summed E-state index contributed by atoms with van der Waals surface area (Å²) in [5.74, 6) is 0.293. The van der Waals surface area contributed by atoms with Crippen molar-refractivity contribution in [1.29, 1.82) is 0 Å². The van der Waals surface area contributed by atoms with Crippen molar-refractivity contribution < 1.29 is 9.53 Å². The Hall–Kier alpha value is -3.83. The van der Waals surface area contributed by atoms with E-state index in [2.05, 4.69) is 15.1 Å². The molecule has 33 heavy (non-hydrogen) atoms. The molecule has 0 spiro atoms. The molecular formula is C27H24ClN3O2. The monoisotopic (exact) mass is 457 g/mol. The Kier molecular flexibility index (Phi) is 6.91. The van der Waals surface area contributed by atoms with Gasteiger partial charge in [-0.2, -0.15) is 5.10 Å². The molecule has 5 nitrogen and oxygen atoms in total. The summed E-state index contributed by atoms with van der Waals surface area (Å²) in [6.07, 6.45) is 1.63. The number of carbonyl (C=O) groups is 1. The number of nitrogens with zero attached hydrogens (tertiary/aromatic N) is 2. The number of rotatable bonds is 7. The fraction of sp³-hybridized carbons (Fsp3) is 0.111. The molecule has 6 heteroatoms. The van der Waals surface area contributed by atoms with Crippen molar-refractivity contribution in [2.24, 2.45) is 5.10 Å². The van der Waals surface area contributed by atoms with E-state index in [1.54, 1.807) is 6.21 Å². The SMILES string of the molecule is Cc1cc(/C=N/NC(=O)COc2ccc(-c3ccccc3)cc2)c(C)n1-c1cccc(Cl)c1. The Morgan fingerprint density at radius 3 is 2.42 bits per heavy atom. The zero-order chi connectivity index (χ0) is 23.2. The number of ether oxygens (including phenoxy) is 1. The van der Waals surface area contributed by atoms with E-state index >= 15 is 0 Å². The van der Waals surface area contributed by atoms with Gasteiger partial charge in [-0.1, -0.05) is 60.1 Å². The first kappa shape index (κ1) is 22.4. The van der Waals surface area contributed by atoms with Crippen molar-refractivity contribution in [2.75, 3.05) is 6.61 Å². The van der Waals surface area contributed by atoms with E-state index in [1.165, 1.54) is 0 Å². The van der Waals surface area contributed by atoms with Crippen LogP contribution in [0.3, 0.4) is 0 Å². The van der Waals surface area contributed by atoms with Crippen LogP contribution in [0.25, 0.3) is 16.8 Å². The molecule has 1 N–H and O–H groups in total. The molecule has 4 aromatic rings. The minimum atomic E-state index is -0.331. The number of hydrogen-bond donors (Lipinski definition) is 1. The summed E-state index contributed by atoms with van der Waals surface area (Å²) in [5.41, 5.74) is 8.67. The van der Waals surface area contributed by atoms with E-state index in [-0.39, 0.29) is 12.5 Å². The minimum Gasteiger partial charge on any atom is -0.484 e. The molecule has 0 aliphatic heterocycles. The Morgan fingerprint density at radius 1 is 0.970 bits per heavy atom. The fourth-order valence-corrected chi connectivity index (χ4v) is 3.84. The third-order valence-corrected chi connectivity index (χ3v) is 5.50. The predicted octanol–water partition coefficient (Wildman–Crippen LogP) is 5.94. The highest BCUT2D eigenvalue weighted by atomic mass is 35.5. The standard InChI is InChI=1S/C27H24ClN3O2/c1-19-15-23(20(2)31(19)25-10-6-9-24(28)16-25)17-29-30-27(32)18-33-26-13-11-22(12-14-26)21-7-4-3-5-8-21/h3-17H,18H2,1-2H3,(H,30,32)/b29-17+. The molecule has 0 atom stereocenters. The molecule has 0 bridgehead atoms. The topological polar surface area (TPSA) is 55.6 Å². The molecule has 4 rings (SSSR count). The Bertz CT molecular complexity index is 1280. The lowest BCUT2D eigenvalue weighted by atomic mass is 10.1. The Labute approximate surface area is 198 Å². The number of carbonyl (C=O) groups excluding carboxylic acids is 1. The summed E-state index contributed by atoms with van der Waals surface area (Å²) in [6.45, 7) is 3.89. The zero-order valence-electron chi connectivity index (χ0n) is 18.5. The molecule has 0 unspecified atom stereocenters. The molecule has 0 saturated heterocycles. The van der Waals surface area contributed by atoms with Crippen molar-refractivity contribution in [3.8, 4) is 22.6 Å². The maximum Gasteiger partial charge on any atom is 0.277 e. The molecule has 1 aromatic heterocycles. The van der Waals surface area contributed by atoms with Gasteiger partial charge in [0.15, 0.2) is 6.61 Å². The highest BCUT2D eigenvalue weighted by molar-refractivity contribution is 6.30. The van der Waals surface area contributed by atoms with Gasteiger partial charge in [0.05, 0.1) is 6.21 Å². The molecule has 0 aliphatic rings. The van der Waals surface area contributed by atoms with Crippen LogP contribution < -0.4 is 10.2 Å². The number of hydrazone groups is 1. The van der Waals surface area contributed by atoms with Crippen molar-refractivity contribution in [3.05, 3.63) is 107 Å². The summed E-state index contributed by atoms with van der Waals surface area (Å²) in [7, 11) is 0. The van der Waals surface area contributed by atoms with Crippen LogP contribution in [0.2, 0.25) is 5.02 Å². The number of halogens is 1. The van der Waals surface area contributed by atoms with Gasteiger partial charge < -0.3 is 9.30 Å². The van der Waals surface area contributed by atoms with Gasteiger partial charge in [0.1, 0.15) is 5.75 Å². The lowest BCUT2D eigenvalue weighted by Crippen LogP contribution is -2.24. The second-order valence-electron chi connectivity index (χ2n) is 7.61. The van der Waals surface area contributed by atoms with Gasteiger partial charge in [0, 0.05) is 27.7 Å². The lowest BCUT2D eigenvalue weighted by Gasteiger charge is -2.09. The average Bonchev–Trinajstić information content (AvgIpc) is 3.11. The molecule has 166 valence electrons. The summed E-state index contributed by atoms with van der Waals surface area (Å²) >= 11 is 6.14. The van der Waals surface area contributed by atoms with Crippen LogP contribution in [0.15, 0.2) is 90.0 Å². The number of hydrogen-bond acceptors (Lipinski definition) is 3. The summed E-state index contributed by atoms with van der Waals surface area (Å²) in [6, 6.07) is 27.4. The van der Waals surface area contributed by atoms with Gasteiger partial charge in [-0.05, 0) is 61.4 Å². The van der Waals surface area contributed by atoms with Crippen molar-refractivity contribution in [2.45, 2.75) is 13.8 Å². The van der Waals surface area contributed by atoms with E-state index in [4.69, 9.17) is 16.3 Å². The van der Waals surface area contributed by atoms with E-state index in [1.807, 2.05) is 98.8 Å². The molecule has 3 aromatic carbocycles. The first-order valence-electron chi connectivity index (χ1n) is 10.6. The van der Waals surface area contributed by atoms with Gasteiger partial charge in [0.2, 0.25) is 0 Å². The van der Waals surface area contributed by atoms with Gasteiger partial charge in [0.25, 0.3) is 5.91 Å². The number of aryl methyl sites for hydroxylation is 1. The third kappa shape index (κ3) is 5.51. The lowest BCUT2D eigenvalue weighted by molar-refractivity contribution is -0.123. The molecular weight excluding hydrogens is 434 g/mol. The highest BCUT2D eigenvalue weighted by Gasteiger charge is 2.10. The quantitative estimate of drug-likeness (QED) is 0.275. The Morgan fingerprint density at radius 2 is 1.70 bits per heavy atom. The van der Waals surface area contributed by atoms with Crippen LogP contribution in [-0.4, -0.2) is 23.3 Å². The first-order chi connectivity index (χ1) is 16.0. The van der Waals surface area contributed by atoms with E-state index in [9.17, 15) is 4.79 Å². The van der Waals surface area contributed by atoms with Crippen LogP contribution in [0.4, 0.5) is 0 Å². The minimum absolute atomic E-state index is 0.121. The maximum absolute atomic E-state index is 12.1. The van der Waals surface area contributed by atoms with Crippen LogP contribution in [0.1, 0.15) is 17.0 Å². The van der Waals surface area contributed by atoms with Crippen molar-refractivity contribution in [1.82, 2.24) is 9.99 Å². The number of aromatic nitrogens is 1. The number of amides is 1. The van der Waals surface area contributed by atoms with Gasteiger partial charge >= 0.3 is 0 Å². The predicted molar refractivity (Wildman–Crippen MR) is 133 cm³/mol. The zero-order valence-corrected chi connectivity index (χ0v) is 19.2. The second-order valence-corrected chi connectivity index (χ2v) is 8.05. The van der Waals surface area contributed by atoms with Gasteiger partial charge in [-0.15, -0.1) is 0 Å². The molecule has 0 radical (unpaired) electrons. The third-order valence-electron chi connectivity index (χ3n) is 5.26. The normalized spacial score (nSPS) is 11.0. The smallest absolute Gasteiger partial charge is 0.277 e. The fourth-order valence-electron chi connectivity index (χ4n) is 3.66. The van der Waals surface area contributed by atoms with E-state index < -0.39 is 0 Å². The Balaban J connectivity index is 1.33. The highest BCUT2D eigenvalue weighted by Crippen LogP contribution is 2.23. The first-order valence-corrected chi connectivity index (χ1v) is 10.9. The molecule has 0 aliphatic carbocycles. The van der Waals surface area contributed by atoms with Crippen molar-refractivity contribution in [3.63, 3.8) is 0 Å². The molecule has 1 heterocycles. The molecule has 0 saturated carbocycles. The maximum atomic E-state index is 12.1. The summed E-state index contributed by atoms with van der Waals surface area (Å²) in [4.78, 5) is 12.1. The molecule has 1 amide bonds. The van der Waals surface area contributed by atoms with E-state index in [0.29, 0.717) is 10.8 Å². The van der Waals surface area contributed by atoms with Gasteiger partial charge in [-0.25, -0.2) is 5.43 Å². The molecule has 0 fully saturated rings. The van der Waals surface area contributed by atoms with Gasteiger partial charge in [-0.3, -0.25) is 4.79 Å². The number of nitrogens with one attached hydrogen (secondary N) is 1. The largest absolute Gasteiger partial charge is 0.484 e. The summed E-state index contributed by atoms with van der Waals surface area (Å²) in [5, 5.41) is 4.77. The number of benzene rings is 3. The van der Waals surface area contributed by atoms with E-state index in [0.717, 1.165) is 33.8 Å². The van der Waals surface area contributed by atoms with Crippen molar-refractivity contribution >= 4 is 23.7 Å².